The summed E-state index contributed by atoms with van der Waals surface area (Å²) in [4.78, 5) is 0. The molecule has 21 heteroatoms. The van der Waals surface area contributed by atoms with E-state index in [1.807, 2.05) is 0 Å². The van der Waals surface area contributed by atoms with Gasteiger partial charge in [0.25, 0.3) is 0 Å². The highest BCUT2D eigenvalue weighted by Crippen LogP contribution is 2.39. The van der Waals surface area contributed by atoms with Crippen molar-refractivity contribution in [1.82, 2.24) is 0 Å². The fourth-order valence-electron chi connectivity index (χ4n) is 5.65. The van der Waals surface area contributed by atoms with Crippen LogP contribution in [0.4, 0.5) is 0 Å². The van der Waals surface area contributed by atoms with Crippen LogP contribution < -0.4 is 0 Å². The Hall–Kier alpha value is -0.840. The summed E-state index contributed by atoms with van der Waals surface area (Å²) in [7, 11) is 0. The van der Waals surface area contributed by atoms with E-state index < -0.39 is 149 Å². The van der Waals surface area contributed by atoms with E-state index in [-0.39, 0.29) is 0 Å². The number of rotatable bonds is 13. The van der Waals surface area contributed by atoms with Crippen molar-refractivity contribution < 1.29 is 105 Å². The molecule has 0 spiro atoms. The zero-order valence-electron chi connectivity index (χ0n) is 23.7. The molecule has 21 nitrogen and oxygen atoms in total. The lowest BCUT2D eigenvalue weighted by Crippen LogP contribution is -2.63. The van der Waals surface area contributed by atoms with E-state index in [1.54, 1.807) is 0 Å². The number of ether oxygens (including phenoxy) is 7. The standard InChI is InChI=1S/C24H42O21/c25-1-8-13(31)18(36)22(5-27,42-8)39-3-10-12(30)16(34)17(35)21(41-10)45-24(7-29)20(38)15(33)11(44-24)4-40-23(6-28)19(37)14(32)9(2-26)43-23/h8-21,25-38H,1-7H2/t8-,9-,10-,11-,12-,13-,14-,15-,16+,17-,18+,19+,20+,21-,22-,23-,24+/m1/s1. The van der Waals surface area contributed by atoms with Gasteiger partial charge < -0.3 is 105 Å². The van der Waals surface area contributed by atoms with Gasteiger partial charge in [-0.1, -0.05) is 0 Å². The minimum Gasteiger partial charge on any atom is -0.394 e. The fourth-order valence-corrected chi connectivity index (χ4v) is 5.65. The van der Waals surface area contributed by atoms with E-state index in [0.717, 1.165) is 0 Å². The van der Waals surface area contributed by atoms with Gasteiger partial charge in [-0.15, -0.1) is 0 Å². The van der Waals surface area contributed by atoms with Gasteiger partial charge in [0.2, 0.25) is 17.4 Å². The molecule has 0 radical (unpaired) electrons. The molecule has 0 aromatic rings. The Balaban J connectivity index is 1.45. The molecule has 0 aliphatic carbocycles. The van der Waals surface area contributed by atoms with Gasteiger partial charge in [-0.2, -0.15) is 0 Å². The summed E-state index contributed by atoms with van der Waals surface area (Å²) in [5, 5.41) is 142. The third-order valence-corrected chi connectivity index (χ3v) is 8.51. The highest BCUT2D eigenvalue weighted by molar-refractivity contribution is 5.01. The zero-order chi connectivity index (χ0) is 33.5. The zero-order valence-corrected chi connectivity index (χ0v) is 23.7. The maximum Gasteiger partial charge on any atom is 0.224 e. The van der Waals surface area contributed by atoms with Gasteiger partial charge in [0.05, 0.1) is 26.4 Å². The molecule has 0 bridgehead atoms. The van der Waals surface area contributed by atoms with Gasteiger partial charge >= 0.3 is 0 Å². The molecule has 4 aliphatic heterocycles. The van der Waals surface area contributed by atoms with Gasteiger partial charge in [-0.3, -0.25) is 0 Å². The van der Waals surface area contributed by atoms with Crippen molar-refractivity contribution in [2.75, 3.05) is 46.2 Å². The van der Waals surface area contributed by atoms with Crippen LogP contribution >= 0.6 is 0 Å². The maximum absolute atomic E-state index is 10.8. The van der Waals surface area contributed by atoms with E-state index in [9.17, 15) is 71.5 Å². The van der Waals surface area contributed by atoms with Crippen LogP contribution in [0.3, 0.4) is 0 Å². The quantitative estimate of drug-likeness (QED) is 0.0867. The minimum atomic E-state index is -2.59. The van der Waals surface area contributed by atoms with Crippen LogP contribution in [0.25, 0.3) is 0 Å². The average molecular weight is 667 g/mol. The Morgan fingerprint density at radius 3 is 1.27 bits per heavy atom. The van der Waals surface area contributed by atoms with Crippen LogP contribution in [0.15, 0.2) is 0 Å². The van der Waals surface area contributed by atoms with Crippen molar-refractivity contribution in [2.24, 2.45) is 0 Å². The van der Waals surface area contributed by atoms with Crippen molar-refractivity contribution in [3.05, 3.63) is 0 Å². The highest BCUT2D eigenvalue weighted by Gasteiger charge is 2.61. The third-order valence-electron chi connectivity index (χ3n) is 8.51. The first-order valence-corrected chi connectivity index (χ1v) is 14.0. The summed E-state index contributed by atoms with van der Waals surface area (Å²) < 4.78 is 37.9. The summed E-state index contributed by atoms with van der Waals surface area (Å²) in [6.07, 6.45) is -25.0. The van der Waals surface area contributed by atoms with E-state index >= 15 is 0 Å². The molecular weight excluding hydrogens is 624 g/mol. The fraction of sp³-hybridized carbons (Fsp3) is 1.00. The topological polar surface area (TPSA) is 348 Å². The number of hydrogen-bond acceptors (Lipinski definition) is 21. The van der Waals surface area contributed by atoms with Crippen molar-refractivity contribution >= 4 is 0 Å². The minimum absolute atomic E-state index is 0.748. The maximum atomic E-state index is 10.8. The molecule has 0 aromatic carbocycles. The molecule has 45 heavy (non-hydrogen) atoms. The van der Waals surface area contributed by atoms with Crippen LogP contribution in [-0.4, -0.2) is 221 Å². The molecule has 4 saturated heterocycles. The molecule has 4 heterocycles. The SMILES string of the molecule is OC[C@H]1O[C@@](CO)(OC[C@H]2O[C@@](CO)(O[C@H]3O[C@H](CO[C@]4(CO)O[C@H](CO)[C@@H](O)[C@@H]4O)[C@@H](O)[C@H](O)[C@H]3O)[C@@H](O)[C@@H]2O)[C@@H](O)[C@@H]1O. The van der Waals surface area contributed by atoms with Crippen molar-refractivity contribution in [1.29, 1.82) is 0 Å². The van der Waals surface area contributed by atoms with Crippen molar-refractivity contribution in [3.8, 4) is 0 Å². The molecule has 0 amide bonds. The first-order chi connectivity index (χ1) is 21.2. The van der Waals surface area contributed by atoms with Gasteiger partial charge in [-0.25, -0.2) is 0 Å². The predicted octanol–water partition coefficient (Wildman–Crippen LogP) is -9.74. The smallest absolute Gasteiger partial charge is 0.224 e. The van der Waals surface area contributed by atoms with Gasteiger partial charge in [0, 0.05) is 0 Å². The molecule has 4 fully saturated rings. The normalized spacial score (nSPS) is 52.1. The molecule has 4 aliphatic rings. The van der Waals surface area contributed by atoms with Crippen LogP contribution in [0, 0.1) is 0 Å². The summed E-state index contributed by atoms with van der Waals surface area (Å²) in [6, 6.07) is 0. The highest BCUT2D eigenvalue weighted by atomic mass is 16.8. The summed E-state index contributed by atoms with van der Waals surface area (Å²) >= 11 is 0. The first kappa shape index (κ1) is 37.0. The van der Waals surface area contributed by atoms with E-state index in [0.29, 0.717) is 0 Å². The van der Waals surface area contributed by atoms with Crippen molar-refractivity contribution in [3.63, 3.8) is 0 Å². The van der Waals surface area contributed by atoms with Crippen LogP contribution in [0.1, 0.15) is 0 Å². The molecule has 0 unspecified atom stereocenters. The molecule has 0 saturated carbocycles. The average Bonchev–Trinajstić information content (AvgIpc) is 3.55. The monoisotopic (exact) mass is 666 g/mol. The lowest BCUT2D eigenvalue weighted by Gasteiger charge is -2.44. The second-order valence-corrected chi connectivity index (χ2v) is 11.3. The second-order valence-electron chi connectivity index (χ2n) is 11.3. The lowest BCUT2D eigenvalue weighted by atomic mass is 9.98. The Morgan fingerprint density at radius 1 is 0.444 bits per heavy atom. The van der Waals surface area contributed by atoms with Crippen LogP contribution in [0.5, 0.6) is 0 Å². The molecular formula is C24H42O21. The van der Waals surface area contributed by atoms with Gasteiger partial charge in [-0.05, 0) is 0 Å². The Labute approximate surface area is 254 Å². The Bertz CT molecular complexity index is 964. The summed E-state index contributed by atoms with van der Waals surface area (Å²) in [6.45, 7) is -6.35. The van der Waals surface area contributed by atoms with Gasteiger partial charge in [0.15, 0.2) is 6.29 Å². The van der Waals surface area contributed by atoms with E-state index in [4.69, 9.17) is 33.2 Å². The van der Waals surface area contributed by atoms with E-state index in [2.05, 4.69) is 0 Å². The molecule has 4 rings (SSSR count). The van der Waals surface area contributed by atoms with Gasteiger partial charge in [0.1, 0.15) is 99.2 Å². The van der Waals surface area contributed by atoms with Crippen molar-refractivity contribution in [2.45, 2.75) is 103 Å². The number of aliphatic hydroxyl groups is 14. The Morgan fingerprint density at radius 2 is 0.844 bits per heavy atom. The number of aliphatic hydroxyl groups excluding tert-OH is 14. The Kier molecular flexibility index (Phi) is 11.8. The number of hydrogen-bond donors (Lipinski definition) is 14. The molecule has 14 N–H and O–H groups in total. The lowest BCUT2D eigenvalue weighted by molar-refractivity contribution is -0.390. The summed E-state index contributed by atoms with van der Waals surface area (Å²) in [5.74, 6) is -7.16. The van der Waals surface area contributed by atoms with E-state index in [1.165, 1.54) is 0 Å². The van der Waals surface area contributed by atoms with Crippen LogP contribution in [-0.2, 0) is 33.2 Å². The largest absolute Gasteiger partial charge is 0.394 e. The van der Waals surface area contributed by atoms with Crippen LogP contribution in [0.2, 0.25) is 0 Å². The second kappa shape index (κ2) is 14.3. The molecule has 0 aromatic heterocycles. The molecule has 264 valence electrons. The third kappa shape index (κ3) is 6.49. The predicted molar refractivity (Wildman–Crippen MR) is 134 cm³/mol. The first-order valence-electron chi connectivity index (χ1n) is 14.0. The summed E-state index contributed by atoms with van der Waals surface area (Å²) in [5.41, 5.74) is 0. The molecule has 17 atom stereocenters.